The monoisotopic (exact) mass is 521 g/mol. The maximum atomic E-state index is 13.6. The number of nitro groups is 1. The van der Waals surface area contributed by atoms with E-state index < -0.39 is 22.8 Å². The van der Waals surface area contributed by atoms with Gasteiger partial charge in [0.15, 0.2) is 0 Å². The van der Waals surface area contributed by atoms with Crippen LogP contribution in [0.2, 0.25) is 0 Å². The van der Waals surface area contributed by atoms with Crippen LogP contribution < -0.4 is 5.32 Å². The molecule has 9 heteroatoms. The number of carbonyl (C=O) groups is 2. The van der Waals surface area contributed by atoms with Crippen molar-refractivity contribution in [2.75, 3.05) is 27.3 Å². The SMILES string of the molecule is COC(=O)C1=C(C)NC(C)=C(C(=O)OCC(C)(C)CN(C)Cc2ccccc2)C1c1ccccc1[N+](=O)[O-]. The molecule has 0 saturated heterocycles. The molecular formula is C29H35N3O6. The summed E-state index contributed by atoms with van der Waals surface area (Å²) in [7, 11) is 3.24. The fourth-order valence-electron chi connectivity index (χ4n) is 4.92. The first-order valence-corrected chi connectivity index (χ1v) is 12.3. The van der Waals surface area contributed by atoms with E-state index in [1.807, 2.05) is 39.1 Å². The van der Waals surface area contributed by atoms with Gasteiger partial charge in [-0.05, 0) is 26.5 Å². The largest absolute Gasteiger partial charge is 0.466 e. The standard InChI is InChI=1S/C29H35N3O6/c1-19-24(27(33)37-6)26(22-14-10-11-15-23(22)32(35)36)25(20(2)30-19)28(34)38-18-29(3,4)17-31(5)16-21-12-8-7-9-13-21/h7-15,26,30H,16-18H2,1-6H3. The lowest BCUT2D eigenvalue weighted by atomic mass is 9.79. The van der Waals surface area contributed by atoms with Gasteiger partial charge in [0.2, 0.25) is 0 Å². The first kappa shape index (κ1) is 28.6. The minimum atomic E-state index is -1.03. The summed E-state index contributed by atoms with van der Waals surface area (Å²) in [5.74, 6) is -2.36. The molecule has 0 amide bonds. The number of hydrogen-bond acceptors (Lipinski definition) is 8. The van der Waals surface area contributed by atoms with E-state index in [0.717, 1.165) is 6.54 Å². The van der Waals surface area contributed by atoms with Crippen LogP contribution in [0.5, 0.6) is 0 Å². The van der Waals surface area contributed by atoms with Crippen molar-refractivity contribution in [1.82, 2.24) is 10.2 Å². The van der Waals surface area contributed by atoms with Crippen molar-refractivity contribution < 1.29 is 24.0 Å². The molecule has 202 valence electrons. The zero-order chi connectivity index (χ0) is 28.0. The Kier molecular flexibility index (Phi) is 9.06. The quantitative estimate of drug-likeness (QED) is 0.272. The number of para-hydroxylation sites is 1. The van der Waals surface area contributed by atoms with Crippen LogP contribution in [0.25, 0.3) is 0 Å². The lowest BCUT2D eigenvalue weighted by molar-refractivity contribution is -0.385. The summed E-state index contributed by atoms with van der Waals surface area (Å²) in [5, 5.41) is 14.9. The maximum Gasteiger partial charge on any atom is 0.336 e. The molecule has 0 aliphatic carbocycles. The van der Waals surface area contributed by atoms with E-state index in [0.29, 0.717) is 17.9 Å². The molecule has 3 rings (SSSR count). The molecule has 0 aromatic heterocycles. The molecule has 1 atom stereocenters. The molecular weight excluding hydrogens is 486 g/mol. The number of carbonyl (C=O) groups excluding carboxylic acids is 2. The van der Waals surface area contributed by atoms with E-state index >= 15 is 0 Å². The average molecular weight is 522 g/mol. The van der Waals surface area contributed by atoms with Crippen LogP contribution >= 0.6 is 0 Å². The predicted octanol–water partition coefficient (Wildman–Crippen LogP) is 4.70. The van der Waals surface area contributed by atoms with Gasteiger partial charge in [-0.15, -0.1) is 0 Å². The van der Waals surface area contributed by atoms with Gasteiger partial charge in [0.05, 0.1) is 35.7 Å². The van der Waals surface area contributed by atoms with Crippen molar-refractivity contribution in [2.45, 2.75) is 40.2 Å². The number of dihydropyridines is 1. The van der Waals surface area contributed by atoms with Gasteiger partial charge in [0.25, 0.3) is 5.69 Å². The van der Waals surface area contributed by atoms with Crippen LogP contribution in [0, 0.1) is 15.5 Å². The van der Waals surface area contributed by atoms with Crippen LogP contribution in [0.3, 0.4) is 0 Å². The third kappa shape index (κ3) is 6.66. The fraction of sp³-hybridized carbons (Fsp3) is 0.379. The van der Waals surface area contributed by atoms with Crippen molar-refractivity contribution >= 4 is 17.6 Å². The van der Waals surface area contributed by atoms with Crippen molar-refractivity contribution in [2.24, 2.45) is 5.41 Å². The summed E-state index contributed by atoms with van der Waals surface area (Å²) in [6, 6.07) is 16.2. The number of hydrogen-bond donors (Lipinski definition) is 1. The van der Waals surface area contributed by atoms with Crippen molar-refractivity contribution in [3.63, 3.8) is 0 Å². The smallest absolute Gasteiger partial charge is 0.336 e. The van der Waals surface area contributed by atoms with Gasteiger partial charge in [0, 0.05) is 41.5 Å². The number of methoxy groups -OCH3 is 1. The maximum absolute atomic E-state index is 13.6. The molecule has 2 aromatic rings. The second-order valence-electron chi connectivity index (χ2n) is 10.3. The van der Waals surface area contributed by atoms with Crippen molar-refractivity contribution in [3.8, 4) is 0 Å². The minimum absolute atomic E-state index is 0.113. The van der Waals surface area contributed by atoms with E-state index in [-0.39, 0.29) is 34.4 Å². The summed E-state index contributed by atoms with van der Waals surface area (Å²) in [6.45, 7) is 8.89. The highest BCUT2D eigenvalue weighted by Crippen LogP contribution is 2.42. The Hall–Kier alpha value is -3.98. The van der Waals surface area contributed by atoms with E-state index in [1.165, 1.54) is 18.7 Å². The lowest BCUT2D eigenvalue weighted by Crippen LogP contribution is -2.37. The molecule has 1 aliphatic rings. The lowest BCUT2D eigenvalue weighted by Gasteiger charge is -2.32. The number of ether oxygens (including phenoxy) is 2. The predicted molar refractivity (Wildman–Crippen MR) is 144 cm³/mol. The van der Waals surface area contributed by atoms with Gasteiger partial charge in [-0.3, -0.25) is 10.1 Å². The normalized spacial score (nSPS) is 15.8. The number of nitrogens with zero attached hydrogens (tertiary/aromatic N) is 2. The summed E-state index contributed by atoms with van der Waals surface area (Å²) < 4.78 is 10.8. The second-order valence-corrected chi connectivity index (χ2v) is 10.3. The van der Waals surface area contributed by atoms with Crippen LogP contribution in [0.1, 0.15) is 44.7 Å². The molecule has 1 aliphatic heterocycles. The number of benzene rings is 2. The molecule has 0 spiro atoms. The van der Waals surface area contributed by atoms with E-state index in [9.17, 15) is 19.7 Å². The van der Waals surface area contributed by atoms with Crippen LogP contribution in [-0.2, 0) is 25.6 Å². The molecule has 38 heavy (non-hydrogen) atoms. The summed E-state index contributed by atoms with van der Waals surface area (Å²) >= 11 is 0. The summed E-state index contributed by atoms with van der Waals surface area (Å²) in [4.78, 5) is 39.9. The Morgan fingerprint density at radius 3 is 2.18 bits per heavy atom. The van der Waals surface area contributed by atoms with Crippen LogP contribution in [0.15, 0.2) is 77.1 Å². The number of rotatable bonds is 10. The zero-order valence-electron chi connectivity index (χ0n) is 22.7. The summed E-state index contributed by atoms with van der Waals surface area (Å²) in [5.41, 5.74) is 1.99. The number of nitrogens with one attached hydrogen (secondary N) is 1. The van der Waals surface area contributed by atoms with Gasteiger partial charge in [-0.1, -0.05) is 62.4 Å². The topological polar surface area (TPSA) is 111 Å². The van der Waals surface area contributed by atoms with Gasteiger partial charge in [-0.25, -0.2) is 9.59 Å². The Morgan fingerprint density at radius 2 is 1.58 bits per heavy atom. The highest BCUT2D eigenvalue weighted by molar-refractivity contribution is 6.00. The Morgan fingerprint density at radius 1 is 1.00 bits per heavy atom. The van der Waals surface area contributed by atoms with Gasteiger partial charge >= 0.3 is 11.9 Å². The molecule has 1 N–H and O–H groups in total. The molecule has 1 unspecified atom stereocenters. The van der Waals surface area contributed by atoms with Gasteiger partial charge < -0.3 is 19.7 Å². The van der Waals surface area contributed by atoms with Crippen LogP contribution in [-0.4, -0.2) is 49.1 Å². The molecule has 1 heterocycles. The highest BCUT2D eigenvalue weighted by Gasteiger charge is 2.41. The Bertz CT molecular complexity index is 1270. The van der Waals surface area contributed by atoms with E-state index in [4.69, 9.17) is 9.47 Å². The molecule has 0 saturated carbocycles. The zero-order valence-corrected chi connectivity index (χ0v) is 22.7. The molecule has 0 radical (unpaired) electrons. The Labute approximate surface area is 223 Å². The molecule has 9 nitrogen and oxygen atoms in total. The van der Waals surface area contributed by atoms with E-state index in [1.54, 1.807) is 32.0 Å². The Balaban J connectivity index is 1.87. The van der Waals surface area contributed by atoms with E-state index in [2.05, 4.69) is 22.3 Å². The third-order valence-corrected chi connectivity index (χ3v) is 6.42. The molecule has 0 fully saturated rings. The molecule has 0 bridgehead atoms. The second kappa shape index (κ2) is 12.0. The first-order chi connectivity index (χ1) is 17.9. The highest BCUT2D eigenvalue weighted by atomic mass is 16.6. The van der Waals surface area contributed by atoms with Crippen molar-refractivity contribution in [1.29, 1.82) is 0 Å². The summed E-state index contributed by atoms with van der Waals surface area (Å²) in [6.07, 6.45) is 0. The third-order valence-electron chi connectivity index (χ3n) is 6.42. The number of esters is 2. The molecule has 2 aromatic carbocycles. The van der Waals surface area contributed by atoms with Crippen LogP contribution in [0.4, 0.5) is 5.69 Å². The minimum Gasteiger partial charge on any atom is -0.466 e. The average Bonchev–Trinajstić information content (AvgIpc) is 2.86. The number of nitro benzene ring substituents is 1. The fourth-order valence-corrected chi connectivity index (χ4v) is 4.92. The number of allylic oxidation sites excluding steroid dienone is 2. The van der Waals surface area contributed by atoms with Crippen molar-refractivity contribution in [3.05, 3.63) is 98.4 Å². The van der Waals surface area contributed by atoms with Gasteiger partial charge in [0.1, 0.15) is 0 Å². The van der Waals surface area contributed by atoms with Gasteiger partial charge in [-0.2, -0.15) is 0 Å². The first-order valence-electron chi connectivity index (χ1n) is 12.3.